The summed E-state index contributed by atoms with van der Waals surface area (Å²) in [5, 5.41) is 0. The first-order valence-corrected chi connectivity index (χ1v) is 5.36. The summed E-state index contributed by atoms with van der Waals surface area (Å²) < 4.78 is 54.1. The summed E-state index contributed by atoms with van der Waals surface area (Å²) >= 11 is -2.85. The molecule has 0 radical (unpaired) electrons. The normalized spacial score (nSPS) is 26.7. The highest BCUT2D eigenvalue weighted by Gasteiger charge is 2.48. The molecule has 0 bridgehead atoms. The standard InChI is InChI=1S/C7H12F3NO2S/c1-2-13-7(8,9)6-4-3-5-11(6)14(10)12/h6H,2-5H2,1H3/t6-,14?/m0/s1. The second kappa shape index (κ2) is 4.59. The van der Waals surface area contributed by atoms with Crippen molar-refractivity contribution in [2.24, 2.45) is 0 Å². The Labute approximate surface area is 83.1 Å². The Hall–Kier alpha value is -0.140. The molecule has 0 amide bonds. The van der Waals surface area contributed by atoms with Gasteiger partial charge in [0.15, 0.2) is 0 Å². The first-order valence-electron chi connectivity index (χ1n) is 4.35. The van der Waals surface area contributed by atoms with Crippen LogP contribution >= 0.6 is 0 Å². The van der Waals surface area contributed by atoms with Gasteiger partial charge in [0.05, 0.1) is 6.61 Å². The molecule has 1 rings (SSSR count). The Kier molecular flexibility index (Phi) is 3.91. The maximum Gasteiger partial charge on any atom is 0.372 e. The molecule has 1 aliphatic heterocycles. The Morgan fingerprint density at radius 3 is 2.79 bits per heavy atom. The highest BCUT2D eigenvalue weighted by atomic mass is 32.2. The van der Waals surface area contributed by atoms with E-state index in [9.17, 15) is 16.9 Å². The maximum atomic E-state index is 13.2. The van der Waals surface area contributed by atoms with Gasteiger partial charge >= 0.3 is 6.11 Å². The van der Waals surface area contributed by atoms with Crippen LogP contribution in [0.1, 0.15) is 19.8 Å². The minimum Gasteiger partial charge on any atom is -0.320 e. The van der Waals surface area contributed by atoms with E-state index < -0.39 is 23.5 Å². The van der Waals surface area contributed by atoms with Gasteiger partial charge in [-0.05, 0) is 19.8 Å². The van der Waals surface area contributed by atoms with Crippen LogP contribution in [0.4, 0.5) is 12.7 Å². The largest absolute Gasteiger partial charge is 0.372 e. The van der Waals surface area contributed by atoms with E-state index in [2.05, 4.69) is 4.74 Å². The van der Waals surface area contributed by atoms with E-state index >= 15 is 0 Å². The van der Waals surface area contributed by atoms with Crippen LogP contribution in [-0.2, 0) is 16.1 Å². The molecule has 1 unspecified atom stereocenters. The van der Waals surface area contributed by atoms with Crippen molar-refractivity contribution in [3.05, 3.63) is 0 Å². The second-order valence-electron chi connectivity index (χ2n) is 3.00. The summed E-state index contributed by atoms with van der Waals surface area (Å²) in [6.07, 6.45) is -2.92. The first kappa shape index (κ1) is 11.9. The number of hydrogen-bond acceptors (Lipinski definition) is 2. The van der Waals surface area contributed by atoms with Crippen LogP contribution in [-0.4, -0.2) is 33.8 Å². The Bertz CT molecular complexity index is 227. The number of alkyl halides is 2. The molecule has 1 aliphatic rings. The molecule has 1 saturated heterocycles. The van der Waals surface area contributed by atoms with Gasteiger partial charge in [0.1, 0.15) is 6.04 Å². The molecule has 0 aromatic rings. The van der Waals surface area contributed by atoms with Gasteiger partial charge < -0.3 is 4.74 Å². The van der Waals surface area contributed by atoms with Crippen molar-refractivity contribution in [1.82, 2.24) is 4.31 Å². The van der Waals surface area contributed by atoms with Gasteiger partial charge in [-0.2, -0.15) is 13.1 Å². The zero-order chi connectivity index (χ0) is 10.8. The number of halogens is 3. The molecule has 0 spiro atoms. The summed E-state index contributed by atoms with van der Waals surface area (Å²) in [6, 6.07) is -1.41. The van der Waals surface area contributed by atoms with E-state index in [-0.39, 0.29) is 19.6 Å². The molecule has 1 heterocycles. The predicted molar refractivity (Wildman–Crippen MR) is 45.6 cm³/mol. The lowest BCUT2D eigenvalue weighted by Crippen LogP contribution is -2.45. The zero-order valence-electron chi connectivity index (χ0n) is 7.71. The third kappa shape index (κ3) is 2.46. The molecule has 14 heavy (non-hydrogen) atoms. The van der Waals surface area contributed by atoms with Gasteiger partial charge in [-0.3, -0.25) is 0 Å². The highest BCUT2D eigenvalue weighted by molar-refractivity contribution is 7.77. The van der Waals surface area contributed by atoms with Crippen molar-refractivity contribution < 1.29 is 21.6 Å². The quantitative estimate of drug-likeness (QED) is 0.688. The molecule has 0 saturated carbocycles. The molecule has 0 aromatic carbocycles. The highest BCUT2D eigenvalue weighted by Crippen LogP contribution is 2.33. The SMILES string of the molecule is CCOC(F)(F)[C@@H]1CCCN1S(=O)F. The van der Waals surface area contributed by atoms with E-state index in [1.165, 1.54) is 6.92 Å². The van der Waals surface area contributed by atoms with Gasteiger partial charge in [-0.15, -0.1) is 3.89 Å². The Morgan fingerprint density at radius 1 is 1.64 bits per heavy atom. The van der Waals surface area contributed by atoms with E-state index in [0.29, 0.717) is 10.7 Å². The van der Waals surface area contributed by atoms with Crippen LogP contribution in [0.2, 0.25) is 0 Å². The smallest absolute Gasteiger partial charge is 0.320 e. The topological polar surface area (TPSA) is 29.5 Å². The predicted octanol–water partition coefficient (Wildman–Crippen LogP) is 1.63. The summed E-state index contributed by atoms with van der Waals surface area (Å²) in [6.45, 7) is 1.35. The Balaban J connectivity index is 2.70. The van der Waals surface area contributed by atoms with Gasteiger partial charge in [0.2, 0.25) is 0 Å². The minimum absolute atomic E-state index is 0.0798. The van der Waals surface area contributed by atoms with Gasteiger partial charge in [-0.25, -0.2) is 4.21 Å². The average molecular weight is 231 g/mol. The fourth-order valence-electron chi connectivity index (χ4n) is 1.54. The van der Waals surface area contributed by atoms with Crippen LogP contribution < -0.4 is 0 Å². The van der Waals surface area contributed by atoms with Crippen LogP contribution in [0.5, 0.6) is 0 Å². The molecule has 0 N–H and O–H groups in total. The van der Waals surface area contributed by atoms with Crippen molar-refractivity contribution in [3.8, 4) is 0 Å². The third-order valence-corrected chi connectivity index (χ3v) is 2.92. The minimum atomic E-state index is -3.42. The van der Waals surface area contributed by atoms with Gasteiger partial charge in [0, 0.05) is 6.54 Å². The lowest BCUT2D eigenvalue weighted by molar-refractivity contribution is -0.260. The van der Waals surface area contributed by atoms with Crippen LogP contribution in [0.25, 0.3) is 0 Å². The Morgan fingerprint density at radius 2 is 2.29 bits per heavy atom. The number of rotatable bonds is 4. The first-order chi connectivity index (χ1) is 6.49. The van der Waals surface area contributed by atoms with Crippen LogP contribution in [0.15, 0.2) is 0 Å². The molecule has 1 fully saturated rings. The van der Waals surface area contributed by atoms with Crippen LogP contribution in [0.3, 0.4) is 0 Å². The average Bonchev–Trinajstić information content (AvgIpc) is 2.51. The van der Waals surface area contributed by atoms with Crippen molar-refractivity contribution in [1.29, 1.82) is 0 Å². The summed E-state index contributed by atoms with van der Waals surface area (Å²) in [7, 11) is 0. The third-order valence-electron chi connectivity index (χ3n) is 2.11. The summed E-state index contributed by atoms with van der Waals surface area (Å²) in [5.41, 5.74) is 0. The molecular weight excluding hydrogens is 219 g/mol. The molecule has 2 atom stereocenters. The lowest BCUT2D eigenvalue weighted by Gasteiger charge is -2.27. The molecule has 7 heteroatoms. The fourth-order valence-corrected chi connectivity index (χ4v) is 2.24. The van der Waals surface area contributed by atoms with Crippen LogP contribution in [0, 0.1) is 0 Å². The summed E-state index contributed by atoms with van der Waals surface area (Å²) in [4.78, 5) is 0. The van der Waals surface area contributed by atoms with E-state index in [1.807, 2.05) is 0 Å². The molecular formula is C7H12F3NO2S. The number of ether oxygens (including phenoxy) is 1. The second-order valence-corrected chi connectivity index (χ2v) is 3.88. The fraction of sp³-hybridized carbons (Fsp3) is 1.00. The molecule has 84 valence electrons. The van der Waals surface area contributed by atoms with Crippen molar-refractivity contribution >= 4 is 11.4 Å². The van der Waals surface area contributed by atoms with Gasteiger partial charge in [-0.1, -0.05) is 0 Å². The molecule has 0 aromatic heterocycles. The number of hydrogen-bond donors (Lipinski definition) is 0. The molecule has 3 nitrogen and oxygen atoms in total. The molecule has 0 aliphatic carbocycles. The van der Waals surface area contributed by atoms with Crippen molar-refractivity contribution in [2.75, 3.05) is 13.2 Å². The summed E-state index contributed by atoms with van der Waals surface area (Å²) in [5.74, 6) is 0. The van der Waals surface area contributed by atoms with Crippen molar-refractivity contribution in [2.45, 2.75) is 31.9 Å². The van der Waals surface area contributed by atoms with E-state index in [0.717, 1.165) is 0 Å². The lowest BCUT2D eigenvalue weighted by atomic mass is 10.2. The zero-order valence-corrected chi connectivity index (χ0v) is 8.53. The monoisotopic (exact) mass is 231 g/mol. The van der Waals surface area contributed by atoms with E-state index in [4.69, 9.17) is 0 Å². The maximum absolute atomic E-state index is 13.2. The van der Waals surface area contributed by atoms with Gasteiger partial charge in [0.25, 0.3) is 11.4 Å². The van der Waals surface area contributed by atoms with Crippen molar-refractivity contribution in [3.63, 3.8) is 0 Å². The van der Waals surface area contributed by atoms with E-state index in [1.54, 1.807) is 0 Å². The number of nitrogens with zero attached hydrogens (tertiary/aromatic N) is 1.